The summed E-state index contributed by atoms with van der Waals surface area (Å²) >= 11 is 0. The highest BCUT2D eigenvalue weighted by Gasteiger charge is 2.27. The minimum atomic E-state index is -0.00998. The van der Waals surface area contributed by atoms with Crippen LogP contribution in [0.15, 0.2) is 47.3 Å². The molecular formula is C20H16N4O. The molecule has 2 aromatic heterocycles. The monoisotopic (exact) mass is 328 g/mol. The SMILES string of the molecule is CCc1c2c(nc3ccc(N)cc13)-c1nc3ccccc3c(=O)n1C2. The molecule has 2 aromatic carbocycles. The lowest BCUT2D eigenvalue weighted by atomic mass is 9.99. The Bertz CT molecular complexity index is 1240. The molecule has 0 aliphatic carbocycles. The minimum absolute atomic E-state index is 0.00998. The van der Waals surface area contributed by atoms with Gasteiger partial charge >= 0.3 is 0 Å². The number of para-hydroxylation sites is 1. The number of hydrogen-bond acceptors (Lipinski definition) is 4. The lowest BCUT2D eigenvalue weighted by Crippen LogP contribution is -2.20. The summed E-state index contributed by atoms with van der Waals surface area (Å²) in [4.78, 5) is 22.5. The van der Waals surface area contributed by atoms with E-state index in [4.69, 9.17) is 15.7 Å². The van der Waals surface area contributed by atoms with Gasteiger partial charge in [0.05, 0.1) is 23.0 Å². The van der Waals surface area contributed by atoms with Crippen molar-refractivity contribution in [3.63, 3.8) is 0 Å². The fraction of sp³-hybridized carbons (Fsp3) is 0.150. The van der Waals surface area contributed by atoms with E-state index in [1.54, 1.807) is 4.57 Å². The summed E-state index contributed by atoms with van der Waals surface area (Å²) in [6, 6.07) is 13.2. The zero-order valence-corrected chi connectivity index (χ0v) is 13.8. The van der Waals surface area contributed by atoms with Crippen molar-refractivity contribution in [2.45, 2.75) is 19.9 Å². The molecule has 0 spiro atoms. The van der Waals surface area contributed by atoms with E-state index in [1.165, 1.54) is 5.56 Å². The third-order valence-corrected chi connectivity index (χ3v) is 4.97. The van der Waals surface area contributed by atoms with Crippen LogP contribution in [-0.4, -0.2) is 14.5 Å². The topological polar surface area (TPSA) is 73.8 Å². The third-order valence-electron chi connectivity index (χ3n) is 4.97. The average Bonchev–Trinajstić information content (AvgIpc) is 2.98. The molecule has 5 nitrogen and oxygen atoms in total. The van der Waals surface area contributed by atoms with Crippen molar-refractivity contribution in [1.82, 2.24) is 14.5 Å². The van der Waals surface area contributed by atoms with Crippen LogP contribution in [-0.2, 0) is 13.0 Å². The molecule has 4 aromatic rings. The first-order valence-electron chi connectivity index (χ1n) is 8.38. The van der Waals surface area contributed by atoms with Gasteiger partial charge in [-0.2, -0.15) is 0 Å². The Labute approximate surface area is 143 Å². The van der Waals surface area contributed by atoms with Gasteiger partial charge in [0.25, 0.3) is 5.56 Å². The van der Waals surface area contributed by atoms with Crippen molar-refractivity contribution < 1.29 is 0 Å². The summed E-state index contributed by atoms with van der Waals surface area (Å²) in [6.45, 7) is 2.64. The maximum atomic E-state index is 12.9. The first-order chi connectivity index (χ1) is 12.2. The predicted molar refractivity (Wildman–Crippen MR) is 99.6 cm³/mol. The van der Waals surface area contributed by atoms with Gasteiger partial charge in [0.2, 0.25) is 0 Å². The molecule has 0 saturated carbocycles. The standard InChI is InChI=1S/C20H16N4O/c1-2-12-14-9-11(21)7-8-17(14)22-18-15(12)10-24-19(18)23-16-6-4-3-5-13(16)20(24)25/h3-9H,2,10,21H2,1H3. The molecule has 3 heterocycles. The zero-order chi connectivity index (χ0) is 17.1. The van der Waals surface area contributed by atoms with Gasteiger partial charge in [-0.05, 0) is 42.3 Å². The molecule has 0 amide bonds. The smallest absolute Gasteiger partial charge is 0.262 e. The van der Waals surface area contributed by atoms with Crippen LogP contribution in [0.5, 0.6) is 0 Å². The van der Waals surface area contributed by atoms with Crippen LogP contribution >= 0.6 is 0 Å². The van der Waals surface area contributed by atoms with Crippen molar-refractivity contribution in [3.05, 3.63) is 63.9 Å². The lowest BCUT2D eigenvalue weighted by molar-refractivity contribution is 0.791. The molecule has 2 N–H and O–H groups in total. The highest BCUT2D eigenvalue weighted by Crippen LogP contribution is 2.35. The van der Waals surface area contributed by atoms with E-state index in [0.717, 1.165) is 34.3 Å². The van der Waals surface area contributed by atoms with Crippen molar-refractivity contribution in [2.24, 2.45) is 0 Å². The molecule has 5 rings (SSSR count). The van der Waals surface area contributed by atoms with Gasteiger partial charge in [-0.3, -0.25) is 9.36 Å². The summed E-state index contributed by atoms with van der Waals surface area (Å²) in [7, 11) is 0. The quantitative estimate of drug-likeness (QED) is 0.480. The largest absolute Gasteiger partial charge is 0.399 e. The zero-order valence-electron chi connectivity index (χ0n) is 13.8. The predicted octanol–water partition coefficient (Wildman–Crippen LogP) is 3.12. The van der Waals surface area contributed by atoms with E-state index in [9.17, 15) is 4.79 Å². The number of pyridine rings is 1. The second-order valence-electron chi connectivity index (χ2n) is 6.39. The summed E-state index contributed by atoms with van der Waals surface area (Å²) in [5.41, 5.74) is 11.4. The third kappa shape index (κ3) is 1.86. The maximum Gasteiger partial charge on any atom is 0.262 e. The Hall–Kier alpha value is -3.21. The normalized spacial score (nSPS) is 12.5. The number of aromatic nitrogens is 3. The highest BCUT2D eigenvalue weighted by molar-refractivity contribution is 5.90. The van der Waals surface area contributed by atoms with E-state index < -0.39 is 0 Å². The first-order valence-corrected chi connectivity index (χ1v) is 8.38. The molecule has 25 heavy (non-hydrogen) atoms. The van der Waals surface area contributed by atoms with Crippen molar-refractivity contribution in [1.29, 1.82) is 0 Å². The second kappa shape index (κ2) is 4.89. The number of nitrogen functional groups attached to an aromatic ring is 1. The molecule has 0 atom stereocenters. The van der Waals surface area contributed by atoms with Crippen LogP contribution in [0, 0.1) is 0 Å². The molecule has 1 aliphatic rings. The van der Waals surface area contributed by atoms with Crippen LogP contribution in [0.4, 0.5) is 5.69 Å². The fourth-order valence-corrected chi connectivity index (χ4v) is 3.80. The fourth-order valence-electron chi connectivity index (χ4n) is 3.80. The van der Waals surface area contributed by atoms with Crippen LogP contribution in [0.1, 0.15) is 18.1 Å². The number of anilines is 1. The first kappa shape index (κ1) is 14.2. The van der Waals surface area contributed by atoms with Gasteiger partial charge in [-0.15, -0.1) is 0 Å². The van der Waals surface area contributed by atoms with E-state index in [-0.39, 0.29) is 5.56 Å². The Kier molecular flexibility index (Phi) is 2.77. The molecule has 0 radical (unpaired) electrons. The van der Waals surface area contributed by atoms with E-state index in [2.05, 4.69) is 6.92 Å². The van der Waals surface area contributed by atoms with Crippen LogP contribution < -0.4 is 11.3 Å². The van der Waals surface area contributed by atoms with Crippen molar-refractivity contribution >= 4 is 27.5 Å². The summed E-state index contributed by atoms with van der Waals surface area (Å²) in [5, 5.41) is 1.71. The van der Waals surface area contributed by atoms with Gasteiger partial charge in [-0.25, -0.2) is 9.97 Å². The number of nitrogens with two attached hydrogens (primary N) is 1. The Morgan fingerprint density at radius 1 is 1.08 bits per heavy atom. The van der Waals surface area contributed by atoms with Crippen molar-refractivity contribution in [2.75, 3.05) is 5.73 Å². The number of nitrogens with zero attached hydrogens (tertiary/aromatic N) is 3. The molecule has 0 unspecified atom stereocenters. The van der Waals surface area contributed by atoms with Gasteiger partial charge < -0.3 is 5.73 Å². The molecule has 1 aliphatic heterocycles. The summed E-state index contributed by atoms with van der Waals surface area (Å²) < 4.78 is 1.74. The number of hydrogen-bond donors (Lipinski definition) is 1. The molecule has 5 heteroatoms. The number of aryl methyl sites for hydroxylation is 1. The molecular weight excluding hydrogens is 312 g/mol. The number of rotatable bonds is 1. The second-order valence-corrected chi connectivity index (χ2v) is 6.39. The lowest BCUT2D eigenvalue weighted by Gasteiger charge is -2.10. The maximum absolute atomic E-state index is 12.9. The summed E-state index contributed by atoms with van der Waals surface area (Å²) in [5.74, 6) is 0.659. The Morgan fingerprint density at radius 2 is 1.88 bits per heavy atom. The average molecular weight is 328 g/mol. The number of fused-ring (bicyclic) bond motifs is 5. The van der Waals surface area contributed by atoms with Gasteiger partial charge in [-0.1, -0.05) is 19.1 Å². The molecule has 0 fully saturated rings. The van der Waals surface area contributed by atoms with E-state index >= 15 is 0 Å². The van der Waals surface area contributed by atoms with Crippen molar-refractivity contribution in [3.8, 4) is 11.5 Å². The van der Waals surface area contributed by atoms with Crippen LogP contribution in [0.3, 0.4) is 0 Å². The van der Waals surface area contributed by atoms with Gasteiger partial charge in [0, 0.05) is 16.6 Å². The molecule has 0 saturated heterocycles. The minimum Gasteiger partial charge on any atom is -0.399 e. The van der Waals surface area contributed by atoms with Crippen LogP contribution in [0.2, 0.25) is 0 Å². The molecule has 0 bridgehead atoms. The van der Waals surface area contributed by atoms with Gasteiger partial charge in [0.15, 0.2) is 5.82 Å². The Morgan fingerprint density at radius 3 is 2.72 bits per heavy atom. The van der Waals surface area contributed by atoms with E-state index in [0.29, 0.717) is 23.3 Å². The summed E-state index contributed by atoms with van der Waals surface area (Å²) in [6.07, 6.45) is 0.854. The van der Waals surface area contributed by atoms with Gasteiger partial charge in [0.1, 0.15) is 5.69 Å². The van der Waals surface area contributed by atoms with Crippen LogP contribution in [0.25, 0.3) is 33.3 Å². The Balaban J connectivity index is 1.90. The highest BCUT2D eigenvalue weighted by atomic mass is 16.1. The molecule has 122 valence electrons. The van der Waals surface area contributed by atoms with E-state index in [1.807, 2.05) is 42.5 Å². The number of benzene rings is 2.